The fraction of sp³-hybridized carbons (Fsp3) is 0.467. The van der Waals surface area contributed by atoms with Crippen molar-refractivity contribution in [1.29, 1.82) is 5.26 Å². The Balaban J connectivity index is 1.84. The Kier molecular flexibility index (Phi) is 2.89. The topological polar surface area (TPSA) is 44.1 Å². The number of fused-ring (bicyclic) bond motifs is 2. The number of nitrogens with zero attached hydrogens (tertiary/aromatic N) is 2. The largest absolute Gasteiger partial charge is 0.298 e. The van der Waals surface area contributed by atoms with Gasteiger partial charge in [-0.1, -0.05) is 30.3 Å². The molecule has 3 atom stereocenters. The van der Waals surface area contributed by atoms with Gasteiger partial charge in [0.1, 0.15) is 5.78 Å². The molecule has 2 saturated heterocycles. The number of rotatable bonds is 2. The number of ketones is 1. The molecule has 92 valence electrons. The summed E-state index contributed by atoms with van der Waals surface area (Å²) in [6.45, 7) is 0.792. The van der Waals surface area contributed by atoms with Gasteiger partial charge in [-0.3, -0.25) is 9.69 Å². The van der Waals surface area contributed by atoms with E-state index in [0.717, 1.165) is 19.4 Å². The van der Waals surface area contributed by atoms with E-state index in [2.05, 4.69) is 23.1 Å². The third-order valence-corrected chi connectivity index (χ3v) is 4.20. The van der Waals surface area contributed by atoms with Crippen molar-refractivity contribution < 1.29 is 4.79 Å². The number of nitriles is 1. The van der Waals surface area contributed by atoms with Gasteiger partial charge < -0.3 is 0 Å². The standard InChI is InChI=1S/C15H16N2O/c16-9-12-8-14-15(18)7-6-13(12)17(14)10-11-4-2-1-3-5-11/h1-5,12-14H,6-8,10H2/t12-,13+,14-/m0/s1. The Morgan fingerprint density at radius 1 is 1.33 bits per heavy atom. The number of hydrogen-bond donors (Lipinski definition) is 0. The van der Waals surface area contributed by atoms with Gasteiger partial charge in [-0.05, 0) is 18.4 Å². The van der Waals surface area contributed by atoms with Gasteiger partial charge in [0, 0.05) is 19.0 Å². The summed E-state index contributed by atoms with van der Waals surface area (Å²) in [7, 11) is 0. The van der Waals surface area contributed by atoms with Crippen molar-refractivity contribution in [2.24, 2.45) is 5.92 Å². The van der Waals surface area contributed by atoms with E-state index in [-0.39, 0.29) is 18.0 Å². The molecule has 0 radical (unpaired) electrons. The lowest BCUT2D eigenvalue weighted by Gasteiger charge is -2.34. The lowest BCUT2D eigenvalue weighted by molar-refractivity contribution is -0.126. The SMILES string of the molecule is N#C[C@@H]1C[C@H]2C(=O)CC[C@H]1N2Cc1ccccc1. The Labute approximate surface area is 107 Å². The van der Waals surface area contributed by atoms with E-state index in [9.17, 15) is 10.1 Å². The van der Waals surface area contributed by atoms with Gasteiger partial charge in [-0.25, -0.2) is 0 Å². The highest BCUT2D eigenvalue weighted by molar-refractivity contribution is 5.85. The molecule has 2 bridgehead atoms. The molecule has 3 heteroatoms. The molecule has 1 aromatic rings. The van der Waals surface area contributed by atoms with Crippen molar-refractivity contribution in [1.82, 2.24) is 4.90 Å². The number of benzene rings is 1. The number of carbonyl (C=O) groups excluding carboxylic acids is 1. The molecule has 0 amide bonds. The lowest BCUT2D eigenvalue weighted by atomic mass is 9.98. The molecule has 2 fully saturated rings. The van der Waals surface area contributed by atoms with Crippen molar-refractivity contribution in [2.45, 2.75) is 37.9 Å². The van der Waals surface area contributed by atoms with E-state index < -0.39 is 0 Å². The maximum Gasteiger partial charge on any atom is 0.150 e. The molecule has 3 nitrogen and oxygen atoms in total. The van der Waals surface area contributed by atoms with Gasteiger partial charge in [-0.15, -0.1) is 0 Å². The maximum absolute atomic E-state index is 12.0. The number of hydrogen-bond acceptors (Lipinski definition) is 3. The quantitative estimate of drug-likeness (QED) is 0.795. The smallest absolute Gasteiger partial charge is 0.150 e. The highest BCUT2D eigenvalue weighted by Gasteiger charge is 2.47. The van der Waals surface area contributed by atoms with Crippen molar-refractivity contribution in [3.05, 3.63) is 35.9 Å². The third kappa shape index (κ3) is 1.83. The summed E-state index contributed by atoms with van der Waals surface area (Å²) in [5.41, 5.74) is 1.22. The molecule has 0 unspecified atom stereocenters. The number of piperidine rings is 1. The van der Waals surface area contributed by atoms with Crippen LogP contribution in [0.5, 0.6) is 0 Å². The molecule has 3 rings (SSSR count). The summed E-state index contributed by atoms with van der Waals surface area (Å²) in [5.74, 6) is 0.352. The molecule has 2 heterocycles. The summed E-state index contributed by atoms with van der Waals surface area (Å²) in [6, 6.07) is 12.8. The fourth-order valence-electron chi connectivity index (χ4n) is 3.30. The highest BCUT2D eigenvalue weighted by atomic mass is 16.1. The molecule has 0 aliphatic carbocycles. The molecule has 0 saturated carbocycles. The summed E-state index contributed by atoms with van der Waals surface area (Å²) < 4.78 is 0. The van der Waals surface area contributed by atoms with Crippen LogP contribution < -0.4 is 0 Å². The van der Waals surface area contributed by atoms with Crippen LogP contribution in [0.3, 0.4) is 0 Å². The summed E-state index contributed by atoms with van der Waals surface area (Å²) >= 11 is 0. The van der Waals surface area contributed by atoms with Crippen LogP contribution >= 0.6 is 0 Å². The summed E-state index contributed by atoms with van der Waals surface area (Å²) in [4.78, 5) is 14.2. The minimum atomic E-state index is -0.0198. The fourth-order valence-corrected chi connectivity index (χ4v) is 3.30. The van der Waals surface area contributed by atoms with Crippen LogP contribution in [0.15, 0.2) is 30.3 Å². The van der Waals surface area contributed by atoms with E-state index in [0.29, 0.717) is 12.2 Å². The van der Waals surface area contributed by atoms with E-state index in [1.54, 1.807) is 0 Å². The van der Waals surface area contributed by atoms with Crippen LogP contribution in [0.4, 0.5) is 0 Å². The minimum absolute atomic E-state index is 0.0198. The monoisotopic (exact) mass is 240 g/mol. The van der Waals surface area contributed by atoms with Gasteiger partial charge in [-0.2, -0.15) is 5.26 Å². The zero-order chi connectivity index (χ0) is 12.5. The molecular formula is C15H16N2O. The second kappa shape index (κ2) is 4.55. The third-order valence-electron chi connectivity index (χ3n) is 4.20. The highest BCUT2D eigenvalue weighted by Crippen LogP contribution is 2.38. The van der Waals surface area contributed by atoms with Gasteiger partial charge in [0.25, 0.3) is 0 Å². The zero-order valence-electron chi connectivity index (χ0n) is 10.2. The Bertz CT molecular complexity index is 491. The lowest BCUT2D eigenvalue weighted by Crippen LogP contribution is -2.45. The molecule has 2 aliphatic heterocycles. The molecule has 1 aromatic carbocycles. The average Bonchev–Trinajstić information content (AvgIpc) is 2.65. The van der Waals surface area contributed by atoms with Crippen molar-refractivity contribution in [3.63, 3.8) is 0 Å². The molecular weight excluding hydrogens is 224 g/mol. The van der Waals surface area contributed by atoms with Crippen LogP contribution in [-0.2, 0) is 11.3 Å². The predicted molar refractivity (Wildman–Crippen MR) is 67.5 cm³/mol. The van der Waals surface area contributed by atoms with Crippen LogP contribution in [0.1, 0.15) is 24.8 Å². The maximum atomic E-state index is 12.0. The van der Waals surface area contributed by atoms with Crippen LogP contribution in [0.25, 0.3) is 0 Å². The Hall–Kier alpha value is -1.66. The first-order valence-corrected chi connectivity index (χ1v) is 6.51. The van der Waals surface area contributed by atoms with Crippen LogP contribution in [0, 0.1) is 17.2 Å². The van der Waals surface area contributed by atoms with E-state index >= 15 is 0 Å². The first kappa shape index (κ1) is 11.4. The van der Waals surface area contributed by atoms with Gasteiger partial charge in [0.15, 0.2) is 0 Å². The predicted octanol–water partition coefficient (Wildman–Crippen LogP) is 2.13. The summed E-state index contributed by atoms with van der Waals surface area (Å²) in [5, 5.41) is 9.20. The minimum Gasteiger partial charge on any atom is -0.298 e. The zero-order valence-corrected chi connectivity index (χ0v) is 10.2. The molecule has 0 N–H and O–H groups in total. The second-order valence-electron chi connectivity index (χ2n) is 5.22. The normalized spacial score (nSPS) is 31.3. The molecule has 0 spiro atoms. The Morgan fingerprint density at radius 3 is 2.83 bits per heavy atom. The number of carbonyl (C=O) groups is 1. The average molecular weight is 240 g/mol. The van der Waals surface area contributed by atoms with Gasteiger partial charge in [0.2, 0.25) is 0 Å². The van der Waals surface area contributed by atoms with E-state index in [1.165, 1.54) is 5.56 Å². The molecule has 2 aliphatic rings. The van der Waals surface area contributed by atoms with Crippen LogP contribution in [0.2, 0.25) is 0 Å². The van der Waals surface area contributed by atoms with E-state index in [1.807, 2.05) is 18.2 Å². The van der Waals surface area contributed by atoms with Crippen molar-refractivity contribution in [3.8, 4) is 6.07 Å². The van der Waals surface area contributed by atoms with Crippen LogP contribution in [-0.4, -0.2) is 22.8 Å². The first-order chi connectivity index (χ1) is 8.79. The Morgan fingerprint density at radius 2 is 2.11 bits per heavy atom. The van der Waals surface area contributed by atoms with Crippen molar-refractivity contribution in [2.75, 3.05) is 0 Å². The first-order valence-electron chi connectivity index (χ1n) is 6.51. The molecule has 0 aromatic heterocycles. The second-order valence-corrected chi connectivity index (χ2v) is 5.22. The number of Topliss-reactive ketones (excluding diaryl/α,β-unsaturated/α-hetero) is 1. The van der Waals surface area contributed by atoms with Gasteiger partial charge >= 0.3 is 0 Å². The molecule has 18 heavy (non-hydrogen) atoms. The van der Waals surface area contributed by atoms with Gasteiger partial charge in [0.05, 0.1) is 18.0 Å². The summed E-state index contributed by atoms with van der Waals surface area (Å²) in [6.07, 6.45) is 2.23. The van der Waals surface area contributed by atoms with E-state index in [4.69, 9.17) is 0 Å². The van der Waals surface area contributed by atoms with Crippen molar-refractivity contribution >= 4 is 5.78 Å².